The van der Waals surface area contributed by atoms with Crippen molar-refractivity contribution in [2.45, 2.75) is 32.1 Å². The SMILES string of the molecule is NN(CCN1CCOCC1)C(=O)C1CCCCC1. The van der Waals surface area contributed by atoms with Crippen molar-refractivity contribution in [2.24, 2.45) is 11.8 Å². The van der Waals surface area contributed by atoms with E-state index in [-0.39, 0.29) is 11.8 Å². The van der Waals surface area contributed by atoms with Crippen LogP contribution in [-0.4, -0.2) is 55.2 Å². The molecule has 1 saturated heterocycles. The Kier molecular flexibility index (Phi) is 5.41. The van der Waals surface area contributed by atoms with E-state index < -0.39 is 0 Å². The summed E-state index contributed by atoms with van der Waals surface area (Å²) in [5, 5.41) is 1.44. The highest BCUT2D eigenvalue weighted by molar-refractivity contribution is 5.78. The van der Waals surface area contributed by atoms with E-state index in [1.165, 1.54) is 24.3 Å². The second kappa shape index (κ2) is 7.07. The molecule has 2 rings (SSSR count). The molecule has 2 aliphatic rings. The lowest BCUT2D eigenvalue weighted by Crippen LogP contribution is -2.47. The first-order valence-electron chi connectivity index (χ1n) is 7.13. The van der Waals surface area contributed by atoms with Gasteiger partial charge in [-0.25, -0.2) is 5.84 Å². The van der Waals surface area contributed by atoms with E-state index in [1.807, 2.05) is 0 Å². The van der Waals surface area contributed by atoms with Gasteiger partial charge in [-0.15, -0.1) is 0 Å². The molecule has 104 valence electrons. The van der Waals surface area contributed by atoms with Crippen LogP contribution in [0.25, 0.3) is 0 Å². The molecular formula is C13H25N3O2. The Morgan fingerprint density at radius 2 is 1.89 bits per heavy atom. The highest BCUT2D eigenvalue weighted by Gasteiger charge is 2.24. The molecule has 2 fully saturated rings. The zero-order valence-corrected chi connectivity index (χ0v) is 11.1. The van der Waals surface area contributed by atoms with Gasteiger partial charge >= 0.3 is 0 Å². The smallest absolute Gasteiger partial charge is 0.239 e. The van der Waals surface area contributed by atoms with Crippen molar-refractivity contribution in [1.82, 2.24) is 9.91 Å². The van der Waals surface area contributed by atoms with Crippen LogP contribution < -0.4 is 5.84 Å². The third-order valence-corrected chi connectivity index (χ3v) is 4.00. The van der Waals surface area contributed by atoms with Crippen LogP contribution >= 0.6 is 0 Å². The molecule has 0 bridgehead atoms. The first-order valence-corrected chi connectivity index (χ1v) is 7.13. The van der Waals surface area contributed by atoms with Crippen molar-refractivity contribution in [3.63, 3.8) is 0 Å². The van der Waals surface area contributed by atoms with Crippen molar-refractivity contribution < 1.29 is 9.53 Å². The van der Waals surface area contributed by atoms with Gasteiger partial charge in [0.25, 0.3) is 0 Å². The van der Waals surface area contributed by atoms with Gasteiger partial charge in [0.1, 0.15) is 0 Å². The average molecular weight is 255 g/mol. The second-order valence-electron chi connectivity index (χ2n) is 5.32. The number of amides is 1. The zero-order valence-electron chi connectivity index (χ0n) is 11.1. The summed E-state index contributed by atoms with van der Waals surface area (Å²) in [6, 6.07) is 0. The number of rotatable bonds is 4. The van der Waals surface area contributed by atoms with Gasteiger partial charge in [-0.1, -0.05) is 19.3 Å². The van der Waals surface area contributed by atoms with Gasteiger partial charge in [-0.2, -0.15) is 0 Å². The Morgan fingerprint density at radius 3 is 2.56 bits per heavy atom. The molecule has 0 aromatic rings. The van der Waals surface area contributed by atoms with Gasteiger partial charge in [0, 0.05) is 32.1 Å². The largest absolute Gasteiger partial charge is 0.379 e. The molecule has 1 aliphatic heterocycles. The van der Waals surface area contributed by atoms with E-state index in [1.54, 1.807) is 0 Å². The standard InChI is InChI=1S/C13H25N3O2/c14-16(7-6-15-8-10-18-11-9-15)13(17)12-4-2-1-3-5-12/h12H,1-11,14H2. The van der Waals surface area contributed by atoms with Crippen molar-refractivity contribution in [3.8, 4) is 0 Å². The van der Waals surface area contributed by atoms with Gasteiger partial charge in [0.15, 0.2) is 0 Å². The summed E-state index contributed by atoms with van der Waals surface area (Å²) < 4.78 is 5.30. The van der Waals surface area contributed by atoms with E-state index in [0.717, 1.165) is 45.7 Å². The molecule has 1 heterocycles. The lowest BCUT2D eigenvalue weighted by atomic mass is 9.88. The Balaban J connectivity index is 1.69. The molecule has 2 N–H and O–H groups in total. The van der Waals surface area contributed by atoms with Crippen LogP contribution in [0.15, 0.2) is 0 Å². The molecule has 5 nitrogen and oxygen atoms in total. The minimum absolute atomic E-state index is 0.142. The summed E-state index contributed by atoms with van der Waals surface area (Å²) in [7, 11) is 0. The summed E-state index contributed by atoms with van der Waals surface area (Å²) in [4.78, 5) is 14.4. The summed E-state index contributed by atoms with van der Waals surface area (Å²) in [6.45, 7) is 4.98. The van der Waals surface area contributed by atoms with Crippen LogP contribution in [-0.2, 0) is 9.53 Å². The summed E-state index contributed by atoms with van der Waals surface area (Å²) in [5.41, 5.74) is 0. The second-order valence-corrected chi connectivity index (χ2v) is 5.32. The Labute approximate surface area is 109 Å². The maximum Gasteiger partial charge on any atom is 0.239 e. The van der Waals surface area contributed by atoms with Gasteiger partial charge in [0.2, 0.25) is 5.91 Å². The monoisotopic (exact) mass is 255 g/mol. The van der Waals surface area contributed by atoms with Crippen molar-refractivity contribution >= 4 is 5.91 Å². The van der Waals surface area contributed by atoms with Crippen molar-refractivity contribution in [1.29, 1.82) is 0 Å². The summed E-state index contributed by atoms with van der Waals surface area (Å²) >= 11 is 0. The van der Waals surface area contributed by atoms with Crippen molar-refractivity contribution in [3.05, 3.63) is 0 Å². The maximum absolute atomic E-state index is 12.1. The molecule has 18 heavy (non-hydrogen) atoms. The number of hydrazine groups is 1. The van der Waals surface area contributed by atoms with Crippen LogP contribution in [0.3, 0.4) is 0 Å². The van der Waals surface area contributed by atoms with Gasteiger partial charge in [-0.3, -0.25) is 14.7 Å². The quantitative estimate of drug-likeness (QED) is 0.454. The van der Waals surface area contributed by atoms with Crippen LogP contribution in [0, 0.1) is 5.92 Å². The molecule has 5 heteroatoms. The van der Waals surface area contributed by atoms with Crippen molar-refractivity contribution in [2.75, 3.05) is 39.4 Å². The first kappa shape index (κ1) is 13.8. The van der Waals surface area contributed by atoms with Gasteiger partial charge in [-0.05, 0) is 12.8 Å². The number of morpholine rings is 1. The fraction of sp³-hybridized carbons (Fsp3) is 0.923. The molecular weight excluding hydrogens is 230 g/mol. The molecule has 1 saturated carbocycles. The van der Waals surface area contributed by atoms with E-state index in [9.17, 15) is 4.79 Å². The molecule has 0 atom stereocenters. The highest BCUT2D eigenvalue weighted by atomic mass is 16.5. The zero-order chi connectivity index (χ0) is 12.8. The van der Waals surface area contributed by atoms with E-state index in [2.05, 4.69) is 4.90 Å². The predicted molar refractivity (Wildman–Crippen MR) is 69.7 cm³/mol. The topological polar surface area (TPSA) is 58.8 Å². The van der Waals surface area contributed by atoms with Gasteiger partial charge < -0.3 is 4.74 Å². The highest BCUT2D eigenvalue weighted by Crippen LogP contribution is 2.24. The number of carbonyl (C=O) groups is 1. The number of nitrogens with two attached hydrogens (primary N) is 1. The molecule has 0 aromatic carbocycles. The van der Waals surface area contributed by atoms with Gasteiger partial charge in [0.05, 0.1) is 13.2 Å². The van der Waals surface area contributed by atoms with Crippen LogP contribution in [0.4, 0.5) is 0 Å². The van der Waals surface area contributed by atoms with Crippen LogP contribution in [0.1, 0.15) is 32.1 Å². The number of ether oxygens (including phenoxy) is 1. The summed E-state index contributed by atoms with van der Waals surface area (Å²) in [6.07, 6.45) is 5.65. The van der Waals surface area contributed by atoms with Crippen LogP contribution in [0.5, 0.6) is 0 Å². The first-order chi connectivity index (χ1) is 8.77. The van der Waals surface area contributed by atoms with Crippen LogP contribution in [0.2, 0.25) is 0 Å². The molecule has 1 amide bonds. The molecule has 1 aliphatic carbocycles. The lowest BCUT2D eigenvalue weighted by Gasteiger charge is -2.30. The molecule has 0 spiro atoms. The molecule has 0 unspecified atom stereocenters. The number of hydrogen-bond acceptors (Lipinski definition) is 4. The number of carbonyl (C=O) groups excluding carboxylic acids is 1. The Bertz CT molecular complexity index is 261. The minimum atomic E-state index is 0.142. The fourth-order valence-electron chi connectivity index (χ4n) is 2.77. The average Bonchev–Trinajstić information content (AvgIpc) is 2.46. The Morgan fingerprint density at radius 1 is 1.22 bits per heavy atom. The van der Waals surface area contributed by atoms with E-state index in [4.69, 9.17) is 10.6 Å². The molecule has 0 aromatic heterocycles. The summed E-state index contributed by atoms with van der Waals surface area (Å²) in [5.74, 6) is 6.21. The van der Waals surface area contributed by atoms with E-state index in [0.29, 0.717) is 6.54 Å². The lowest BCUT2D eigenvalue weighted by molar-refractivity contribution is -0.137. The third kappa shape index (κ3) is 3.93. The Hall–Kier alpha value is -0.650. The normalized spacial score (nSPS) is 22.9. The third-order valence-electron chi connectivity index (χ3n) is 4.00. The number of hydrogen-bond donors (Lipinski definition) is 1. The minimum Gasteiger partial charge on any atom is -0.379 e. The maximum atomic E-state index is 12.1. The number of nitrogens with zero attached hydrogens (tertiary/aromatic N) is 2. The molecule has 0 radical (unpaired) electrons. The predicted octanol–water partition coefficient (Wildman–Crippen LogP) is 0.601. The van der Waals surface area contributed by atoms with E-state index >= 15 is 0 Å². The fourth-order valence-corrected chi connectivity index (χ4v) is 2.77.